The van der Waals surface area contributed by atoms with Gasteiger partial charge in [-0.1, -0.05) is 29.8 Å². The van der Waals surface area contributed by atoms with Crippen LogP contribution in [0.4, 0.5) is 0 Å². The average molecular weight is 612 g/mol. The summed E-state index contributed by atoms with van der Waals surface area (Å²) in [4.78, 5) is 12.8. The van der Waals surface area contributed by atoms with Gasteiger partial charge in [-0.3, -0.25) is 4.79 Å². The molecule has 0 aliphatic rings. The van der Waals surface area contributed by atoms with Gasteiger partial charge in [0, 0.05) is 18.2 Å². The Morgan fingerprint density at radius 1 is 1.03 bits per heavy atom. The molecular formula is C29H29IN2O5. The molecule has 0 heterocycles. The lowest BCUT2D eigenvalue weighted by atomic mass is 10.1. The van der Waals surface area contributed by atoms with Gasteiger partial charge >= 0.3 is 0 Å². The van der Waals surface area contributed by atoms with Crippen molar-refractivity contribution in [3.63, 3.8) is 0 Å². The fraction of sp³-hybridized carbons (Fsp3) is 0.241. The molecule has 1 amide bonds. The molecule has 192 valence electrons. The molecule has 0 unspecified atom stereocenters. The molecule has 0 spiro atoms. The summed E-state index contributed by atoms with van der Waals surface area (Å²) < 4.78 is 23.3. The molecule has 0 aliphatic heterocycles. The summed E-state index contributed by atoms with van der Waals surface area (Å²) in [7, 11) is 3.12. The third-order valence-corrected chi connectivity index (χ3v) is 6.25. The second-order valence-electron chi connectivity index (χ2n) is 8.07. The van der Waals surface area contributed by atoms with Crippen LogP contribution in [-0.2, 0) is 17.9 Å². The van der Waals surface area contributed by atoms with Crippen LogP contribution < -0.4 is 24.3 Å². The summed E-state index contributed by atoms with van der Waals surface area (Å²) in [6.45, 7) is 4.96. The van der Waals surface area contributed by atoms with Crippen molar-refractivity contribution < 1.29 is 23.7 Å². The second-order valence-corrected chi connectivity index (χ2v) is 9.23. The van der Waals surface area contributed by atoms with Gasteiger partial charge in [0.15, 0.2) is 11.5 Å². The van der Waals surface area contributed by atoms with E-state index in [9.17, 15) is 10.1 Å². The van der Waals surface area contributed by atoms with E-state index < -0.39 is 5.91 Å². The van der Waals surface area contributed by atoms with Crippen molar-refractivity contribution in [1.29, 1.82) is 5.26 Å². The summed E-state index contributed by atoms with van der Waals surface area (Å²) in [5.74, 6) is 1.91. The van der Waals surface area contributed by atoms with E-state index in [4.69, 9.17) is 18.9 Å². The molecule has 0 radical (unpaired) electrons. The third kappa shape index (κ3) is 7.64. The van der Waals surface area contributed by atoms with Crippen LogP contribution in [0, 0.1) is 21.8 Å². The standard InChI is InChI=1S/C29H29IN2O5/c1-5-36-27-14-21(13-25(30)28(27)37-18-20-8-6-19(2)7-9-20)12-23(16-31)29(33)32-17-22-10-11-24(34-3)15-26(22)35-4/h6-15H,5,17-18H2,1-4H3,(H,32,33)/b23-12+. The monoisotopic (exact) mass is 612 g/mol. The van der Waals surface area contributed by atoms with Gasteiger partial charge in [-0.15, -0.1) is 0 Å². The zero-order chi connectivity index (χ0) is 26.8. The number of ether oxygens (including phenoxy) is 4. The third-order valence-electron chi connectivity index (χ3n) is 5.45. The van der Waals surface area contributed by atoms with E-state index in [-0.39, 0.29) is 12.1 Å². The molecule has 0 saturated carbocycles. The number of benzene rings is 3. The highest BCUT2D eigenvalue weighted by Gasteiger charge is 2.15. The number of carbonyl (C=O) groups excluding carboxylic acids is 1. The van der Waals surface area contributed by atoms with Crippen molar-refractivity contribution in [3.05, 3.63) is 86.0 Å². The highest BCUT2D eigenvalue weighted by atomic mass is 127. The molecule has 3 aromatic carbocycles. The number of carbonyl (C=O) groups is 1. The molecule has 7 nitrogen and oxygen atoms in total. The number of amides is 1. The summed E-state index contributed by atoms with van der Waals surface area (Å²) in [5, 5.41) is 12.5. The minimum atomic E-state index is -0.493. The van der Waals surface area contributed by atoms with E-state index in [1.54, 1.807) is 38.5 Å². The minimum absolute atomic E-state index is 0.0287. The maximum absolute atomic E-state index is 12.8. The Morgan fingerprint density at radius 3 is 2.43 bits per heavy atom. The van der Waals surface area contributed by atoms with Crippen molar-refractivity contribution in [3.8, 4) is 29.1 Å². The summed E-state index contributed by atoms with van der Waals surface area (Å²) >= 11 is 2.17. The van der Waals surface area contributed by atoms with Crippen LogP contribution in [0.25, 0.3) is 6.08 Å². The van der Waals surface area contributed by atoms with Crippen molar-refractivity contribution in [1.82, 2.24) is 5.32 Å². The van der Waals surface area contributed by atoms with Gasteiger partial charge in [-0.2, -0.15) is 5.26 Å². The predicted molar refractivity (Wildman–Crippen MR) is 151 cm³/mol. The van der Waals surface area contributed by atoms with E-state index in [2.05, 4.69) is 27.9 Å². The first kappa shape index (κ1) is 27.9. The van der Waals surface area contributed by atoms with Crippen molar-refractivity contribution in [2.45, 2.75) is 27.0 Å². The van der Waals surface area contributed by atoms with Crippen LogP contribution in [-0.4, -0.2) is 26.7 Å². The van der Waals surface area contributed by atoms with Gasteiger partial charge in [0.05, 0.1) is 24.4 Å². The smallest absolute Gasteiger partial charge is 0.262 e. The molecule has 3 aromatic rings. The molecule has 3 rings (SSSR count). The number of nitrogens with one attached hydrogen (secondary N) is 1. The summed E-state index contributed by atoms with van der Waals surface area (Å²) in [6, 6.07) is 19.1. The van der Waals surface area contributed by atoms with E-state index >= 15 is 0 Å². The molecular weight excluding hydrogens is 583 g/mol. The Morgan fingerprint density at radius 2 is 1.78 bits per heavy atom. The number of aryl methyl sites for hydroxylation is 1. The highest BCUT2D eigenvalue weighted by molar-refractivity contribution is 14.1. The lowest BCUT2D eigenvalue weighted by molar-refractivity contribution is -0.117. The lowest BCUT2D eigenvalue weighted by Crippen LogP contribution is -2.24. The molecule has 0 saturated heterocycles. The van der Waals surface area contributed by atoms with E-state index in [0.717, 1.165) is 14.7 Å². The molecule has 37 heavy (non-hydrogen) atoms. The number of nitrogens with zero attached hydrogens (tertiary/aromatic N) is 1. The van der Waals surface area contributed by atoms with Crippen molar-refractivity contribution in [2.75, 3.05) is 20.8 Å². The van der Waals surface area contributed by atoms with Crippen LogP contribution in [0.3, 0.4) is 0 Å². The van der Waals surface area contributed by atoms with Crippen LogP contribution in [0.1, 0.15) is 29.2 Å². The highest BCUT2D eigenvalue weighted by Crippen LogP contribution is 2.35. The van der Waals surface area contributed by atoms with Crippen LogP contribution in [0.15, 0.2) is 60.2 Å². The molecule has 0 fully saturated rings. The van der Waals surface area contributed by atoms with Gasteiger partial charge < -0.3 is 24.3 Å². The predicted octanol–water partition coefficient (Wildman–Crippen LogP) is 5.82. The van der Waals surface area contributed by atoms with Gasteiger partial charge in [0.1, 0.15) is 29.7 Å². The molecule has 0 aromatic heterocycles. The minimum Gasteiger partial charge on any atom is -0.497 e. The fourth-order valence-corrected chi connectivity index (χ4v) is 4.28. The fourth-order valence-electron chi connectivity index (χ4n) is 3.50. The number of hydrogen-bond acceptors (Lipinski definition) is 6. The number of halogens is 1. The first-order valence-electron chi connectivity index (χ1n) is 11.6. The van der Waals surface area contributed by atoms with Gasteiger partial charge in [0.25, 0.3) is 5.91 Å². The molecule has 1 N–H and O–H groups in total. The van der Waals surface area contributed by atoms with Crippen LogP contribution in [0.5, 0.6) is 23.0 Å². The first-order chi connectivity index (χ1) is 17.9. The normalized spacial score (nSPS) is 10.9. The molecule has 8 heteroatoms. The maximum atomic E-state index is 12.8. The quantitative estimate of drug-likeness (QED) is 0.167. The molecule has 0 aliphatic carbocycles. The Bertz CT molecular complexity index is 1310. The number of nitriles is 1. The Balaban J connectivity index is 1.78. The molecule has 0 bridgehead atoms. The topological polar surface area (TPSA) is 89.8 Å². The van der Waals surface area contributed by atoms with Gasteiger partial charge in [-0.05, 0) is 77.9 Å². The Kier molecular flexibility index (Phi) is 10.2. The van der Waals surface area contributed by atoms with E-state index in [1.165, 1.54) is 11.6 Å². The van der Waals surface area contributed by atoms with Crippen LogP contribution in [0.2, 0.25) is 0 Å². The maximum Gasteiger partial charge on any atom is 0.262 e. The number of rotatable bonds is 11. The Hall–Kier alpha value is -3.71. The zero-order valence-electron chi connectivity index (χ0n) is 21.3. The van der Waals surface area contributed by atoms with E-state index in [0.29, 0.717) is 41.8 Å². The van der Waals surface area contributed by atoms with Crippen LogP contribution >= 0.6 is 22.6 Å². The second kappa shape index (κ2) is 13.6. The van der Waals surface area contributed by atoms with Crippen molar-refractivity contribution >= 4 is 34.6 Å². The summed E-state index contributed by atoms with van der Waals surface area (Å²) in [6.07, 6.45) is 1.54. The Labute approximate surface area is 231 Å². The van der Waals surface area contributed by atoms with E-state index in [1.807, 2.05) is 50.2 Å². The first-order valence-corrected chi connectivity index (χ1v) is 12.7. The largest absolute Gasteiger partial charge is 0.497 e. The SMILES string of the molecule is CCOc1cc(/C=C(\C#N)C(=O)NCc2ccc(OC)cc2OC)cc(I)c1OCc1ccc(C)cc1. The summed E-state index contributed by atoms with van der Waals surface area (Å²) in [5.41, 5.74) is 3.62. The average Bonchev–Trinajstić information content (AvgIpc) is 2.90. The zero-order valence-corrected chi connectivity index (χ0v) is 23.4. The number of hydrogen-bond donors (Lipinski definition) is 1. The molecule has 0 atom stereocenters. The number of methoxy groups -OCH3 is 2. The van der Waals surface area contributed by atoms with Crippen molar-refractivity contribution in [2.24, 2.45) is 0 Å². The lowest BCUT2D eigenvalue weighted by Gasteiger charge is -2.15. The van der Waals surface area contributed by atoms with Gasteiger partial charge in [-0.25, -0.2) is 0 Å². The van der Waals surface area contributed by atoms with Gasteiger partial charge in [0.2, 0.25) is 0 Å².